The lowest BCUT2D eigenvalue weighted by molar-refractivity contribution is -0.127. The predicted octanol–water partition coefficient (Wildman–Crippen LogP) is 2.33. The Hall–Kier alpha value is -3.68. The van der Waals surface area contributed by atoms with Crippen molar-refractivity contribution in [3.05, 3.63) is 59.9 Å². The Bertz CT molecular complexity index is 1040. The highest BCUT2D eigenvalue weighted by Gasteiger charge is 2.21. The molecule has 2 aromatic carbocycles. The van der Waals surface area contributed by atoms with Gasteiger partial charge in [0, 0.05) is 12.7 Å². The number of esters is 1. The number of aromatic nitrogens is 2. The number of para-hydroxylation sites is 1. The summed E-state index contributed by atoms with van der Waals surface area (Å²) in [6.07, 6.45) is -1.12. The zero-order valence-corrected chi connectivity index (χ0v) is 15.7. The fourth-order valence-electron chi connectivity index (χ4n) is 2.79. The molecule has 1 atom stereocenters. The first-order chi connectivity index (χ1) is 13.4. The number of carbonyl (C=O) groups excluding carboxylic acids is 3. The van der Waals surface area contributed by atoms with E-state index in [9.17, 15) is 14.4 Å². The van der Waals surface area contributed by atoms with E-state index in [4.69, 9.17) is 4.74 Å². The monoisotopic (exact) mass is 380 g/mol. The molecule has 3 aromatic rings. The van der Waals surface area contributed by atoms with Crippen molar-refractivity contribution in [1.82, 2.24) is 20.2 Å². The summed E-state index contributed by atoms with van der Waals surface area (Å²) >= 11 is 0. The number of imide groups is 1. The summed E-state index contributed by atoms with van der Waals surface area (Å²) in [5.41, 5.74) is 2.73. The molecule has 0 unspecified atom stereocenters. The predicted molar refractivity (Wildman–Crippen MR) is 103 cm³/mol. The minimum absolute atomic E-state index is 0.268. The van der Waals surface area contributed by atoms with Crippen molar-refractivity contribution in [2.75, 3.05) is 7.05 Å². The maximum absolute atomic E-state index is 12.4. The molecule has 3 rings (SSSR count). The minimum atomic E-state index is -1.12. The van der Waals surface area contributed by atoms with Crippen LogP contribution < -0.4 is 10.6 Å². The molecule has 1 heterocycles. The van der Waals surface area contributed by atoms with Crippen LogP contribution in [0.2, 0.25) is 0 Å². The Morgan fingerprint density at radius 3 is 2.50 bits per heavy atom. The molecule has 28 heavy (non-hydrogen) atoms. The van der Waals surface area contributed by atoms with E-state index < -0.39 is 24.0 Å². The van der Waals surface area contributed by atoms with E-state index in [0.717, 1.165) is 17.0 Å². The van der Waals surface area contributed by atoms with E-state index in [1.807, 2.05) is 41.8 Å². The average molecular weight is 380 g/mol. The third-order valence-electron chi connectivity index (χ3n) is 4.19. The molecule has 1 aromatic heterocycles. The van der Waals surface area contributed by atoms with Gasteiger partial charge in [-0.05, 0) is 44.2 Å². The zero-order valence-electron chi connectivity index (χ0n) is 15.7. The number of hydrogen-bond acceptors (Lipinski definition) is 5. The Balaban J connectivity index is 1.82. The SMILES string of the molecule is CNC(=O)NC(=O)[C@H](C)OC(=O)c1ccc2c(c1)nc(C)n2-c1ccccc1. The van der Waals surface area contributed by atoms with Gasteiger partial charge in [-0.1, -0.05) is 18.2 Å². The molecule has 0 saturated carbocycles. The molecule has 2 N–H and O–H groups in total. The van der Waals surface area contributed by atoms with E-state index in [-0.39, 0.29) is 5.56 Å². The van der Waals surface area contributed by atoms with Gasteiger partial charge in [0.2, 0.25) is 0 Å². The van der Waals surface area contributed by atoms with Gasteiger partial charge in [0.25, 0.3) is 5.91 Å². The highest BCUT2D eigenvalue weighted by atomic mass is 16.5. The standard InChI is InChI=1S/C20H20N4O4/c1-12(18(25)23-20(27)21-3)28-19(26)14-9-10-17-16(11-14)22-13(2)24(17)15-7-5-4-6-8-15/h4-12H,1-3H3,(H2,21,23,25,27)/t12-/m0/s1. The van der Waals surface area contributed by atoms with Gasteiger partial charge in [-0.2, -0.15) is 0 Å². The van der Waals surface area contributed by atoms with Gasteiger partial charge in [0.05, 0.1) is 16.6 Å². The summed E-state index contributed by atoms with van der Waals surface area (Å²) < 4.78 is 7.14. The van der Waals surface area contributed by atoms with Crippen molar-refractivity contribution in [1.29, 1.82) is 0 Å². The number of aryl methyl sites for hydroxylation is 1. The summed E-state index contributed by atoms with van der Waals surface area (Å²) in [5, 5.41) is 4.32. The summed E-state index contributed by atoms with van der Waals surface area (Å²) in [5.74, 6) is -0.601. The van der Waals surface area contributed by atoms with Crippen LogP contribution in [0.25, 0.3) is 16.7 Å². The number of imidazole rings is 1. The summed E-state index contributed by atoms with van der Waals surface area (Å²) in [4.78, 5) is 39.9. The van der Waals surface area contributed by atoms with Crippen LogP contribution in [0.15, 0.2) is 48.5 Å². The number of benzene rings is 2. The first kappa shape index (κ1) is 19.1. The van der Waals surface area contributed by atoms with Crippen LogP contribution in [0.4, 0.5) is 4.79 Å². The lowest BCUT2D eigenvalue weighted by Crippen LogP contribution is -2.43. The van der Waals surface area contributed by atoms with Gasteiger partial charge in [-0.15, -0.1) is 0 Å². The average Bonchev–Trinajstić information content (AvgIpc) is 3.03. The van der Waals surface area contributed by atoms with Gasteiger partial charge >= 0.3 is 12.0 Å². The van der Waals surface area contributed by atoms with E-state index in [1.54, 1.807) is 18.2 Å². The number of hydrogen-bond donors (Lipinski definition) is 2. The number of nitrogens with one attached hydrogen (secondary N) is 2. The zero-order chi connectivity index (χ0) is 20.3. The largest absolute Gasteiger partial charge is 0.449 e. The lowest BCUT2D eigenvalue weighted by Gasteiger charge is -2.12. The highest BCUT2D eigenvalue weighted by Crippen LogP contribution is 2.22. The summed E-state index contributed by atoms with van der Waals surface area (Å²) in [6, 6.07) is 14.1. The molecule has 8 nitrogen and oxygen atoms in total. The Morgan fingerprint density at radius 2 is 1.82 bits per heavy atom. The maximum Gasteiger partial charge on any atom is 0.338 e. The van der Waals surface area contributed by atoms with Crippen molar-refractivity contribution in [3.63, 3.8) is 0 Å². The molecular weight excluding hydrogens is 360 g/mol. The first-order valence-corrected chi connectivity index (χ1v) is 8.68. The molecule has 0 fully saturated rings. The molecule has 8 heteroatoms. The molecule has 0 bridgehead atoms. The minimum Gasteiger partial charge on any atom is -0.449 e. The highest BCUT2D eigenvalue weighted by molar-refractivity contribution is 5.99. The van der Waals surface area contributed by atoms with Gasteiger partial charge in [-0.25, -0.2) is 14.6 Å². The van der Waals surface area contributed by atoms with Gasteiger partial charge in [-0.3, -0.25) is 14.7 Å². The number of rotatable bonds is 4. The quantitative estimate of drug-likeness (QED) is 0.677. The molecule has 3 amide bonds. The Kier molecular flexibility index (Phi) is 5.39. The Morgan fingerprint density at radius 1 is 1.11 bits per heavy atom. The first-order valence-electron chi connectivity index (χ1n) is 8.68. The van der Waals surface area contributed by atoms with Crippen LogP contribution in [0.3, 0.4) is 0 Å². The van der Waals surface area contributed by atoms with Gasteiger partial charge in [0.15, 0.2) is 6.10 Å². The van der Waals surface area contributed by atoms with Crippen LogP contribution in [0, 0.1) is 6.92 Å². The number of ether oxygens (including phenoxy) is 1. The summed E-state index contributed by atoms with van der Waals surface area (Å²) in [6.45, 7) is 3.28. The van der Waals surface area contributed by atoms with Crippen molar-refractivity contribution in [2.45, 2.75) is 20.0 Å². The molecular formula is C20H20N4O4. The fourth-order valence-corrected chi connectivity index (χ4v) is 2.79. The van der Waals surface area contributed by atoms with Crippen molar-refractivity contribution in [2.24, 2.45) is 0 Å². The van der Waals surface area contributed by atoms with Gasteiger partial charge in [0.1, 0.15) is 5.82 Å². The van der Waals surface area contributed by atoms with Crippen molar-refractivity contribution in [3.8, 4) is 5.69 Å². The molecule has 0 aliphatic rings. The number of carbonyl (C=O) groups is 3. The molecule has 0 aliphatic heterocycles. The third kappa shape index (κ3) is 3.85. The lowest BCUT2D eigenvalue weighted by atomic mass is 10.2. The van der Waals surface area contributed by atoms with E-state index in [2.05, 4.69) is 15.6 Å². The van der Waals surface area contributed by atoms with E-state index in [0.29, 0.717) is 5.52 Å². The summed E-state index contributed by atoms with van der Waals surface area (Å²) in [7, 11) is 1.38. The maximum atomic E-state index is 12.4. The molecule has 0 saturated heterocycles. The second-order valence-corrected chi connectivity index (χ2v) is 6.15. The number of amides is 3. The molecule has 0 radical (unpaired) electrons. The van der Waals surface area contributed by atoms with Crippen LogP contribution in [0.5, 0.6) is 0 Å². The van der Waals surface area contributed by atoms with Crippen LogP contribution >= 0.6 is 0 Å². The van der Waals surface area contributed by atoms with Gasteiger partial charge < -0.3 is 10.1 Å². The van der Waals surface area contributed by atoms with Crippen molar-refractivity contribution < 1.29 is 19.1 Å². The van der Waals surface area contributed by atoms with Crippen molar-refractivity contribution >= 4 is 28.9 Å². The molecule has 0 spiro atoms. The number of urea groups is 1. The second-order valence-electron chi connectivity index (χ2n) is 6.15. The van der Waals surface area contributed by atoms with E-state index in [1.165, 1.54) is 14.0 Å². The second kappa shape index (κ2) is 7.91. The molecule has 0 aliphatic carbocycles. The van der Waals surface area contributed by atoms with Crippen LogP contribution in [-0.4, -0.2) is 40.6 Å². The normalized spacial score (nSPS) is 11.7. The number of nitrogens with zero attached hydrogens (tertiary/aromatic N) is 2. The topological polar surface area (TPSA) is 102 Å². The smallest absolute Gasteiger partial charge is 0.338 e. The third-order valence-corrected chi connectivity index (χ3v) is 4.19. The number of fused-ring (bicyclic) bond motifs is 1. The Labute approximate surface area is 161 Å². The van der Waals surface area contributed by atoms with E-state index >= 15 is 0 Å². The van der Waals surface area contributed by atoms with Crippen LogP contribution in [-0.2, 0) is 9.53 Å². The van der Waals surface area contributed by atoms with Crippen LogP contribution in [0.1, 0.15) is 23.1 Å². The fraction of sp³-hybridized carbons (Fsp3) is 0.200. The molecule has 144 valence electrons.